The van der Waals surface area contributed by atoms with E-state index in [2.05, 4.69) is 11.2 Å². The molecule has 1 unspecified atom stereocenters. The SMILES string of the molecule is C#CC(CCC)Nc1cc(C(=O)O)c([N+](=O)[O-])cc1F. The number of nitrogens with zero attached hydrogens (tertiary/aromatic N) is 1. The number of halogens is 1. The average Bonchev–Trinajstić information content (AvgIpc) is 2.39. The lowest BCUT2D eigenvalue weighted by atomic mass is 10.1. The highest BCUT2D eigenvalue weighted by molar-refractivity contribution is 5.93. The van der Waals surface area contributed by atoms with Crippen molar-refractivity contribution in [3.63, 3.8) is 0 Å². The highest BCUT2D eigenvalue weighted by Gasteiger charge is 2.23. The Morgan fingerprint density at radius 3 is 2.75 bits per heavy atom. The van der Waals surface area contributed by atoms with Crippen LogP contribution in [-0.2, 0) is 0 Å². The minimum Gasteiger partial charge on any atom is -0.477 e. The Morgan fingerprint density at radius 1 is 1.65 bits per heavy atom. The van der Waals surface area contributed by atoms with Crippen molar-refractivity contribution in [3.05, 3.63) is 33.6 Å². The van der Waals surface area contributed by atoms with Gasteiger partial charge in [0.1, 0.15) is 5.56 Å². The predicted octanol–water partition coefficient (Wildman–Crippen LogP) is 2.65. The lowest BCUT2D eigenvalue weighted by molar-refractivity contribution is -0.385. The highest BCUT2D eigenvalue weighted by Crippen LogP contribution is 2.27. The number of carbonyl (C=O) groups is 1. The lowest BCUT2D eigenvalue weighted by Gasteiger charge is -2.14. The molecule has 2 N–H and O–H groups in total. The zero-order valence-corrected chi connectivity index (χ0v) is 10.7. The number of nitrogens with one attached hydrogen (secondary N) is 1. The summed E-state index contributed by atoms with van der Waals surface area (Å²) in [6.45, 7) is 1.89. The molecule has 1 aromatic rings. The van der Waals surface area contributed by atoms with Crippen molar-refractivity contribution in [1.29, 1.82) is 0 Å². The van der Waals surface area contributed by atoms with Gasteiger partial charge in [-0.1, -0.05) is 19.3 Å². The van der Waals surface area contributed by atoms with Gasteiger partial charge in [0, 0.05) is 0 Å². The van der Waals surface area contributed by atoms with Crippen molar-refractivity contribution in [3.8, 4) is 12.3 Å². The molecule has 20 heavy (non-hydrogen) atoms. The van der Waals surface area contributed by atoms with Crippen molar-refractivity contribution in [2.45, 2.75) is 25.8 Å². The fourth-order valence-corrected chi connectivity index (χ4v) is 1.67. The van der Waals surface area contributed by atoms with Crippen LogP contribution in [0.25, 0.3) is 0 Å². The standard InChI is InChI=1S/C13H13FN2O4/c1-3-5-8(4-2)15-11-6-9(13(17)18)12(16(19)20)7-10(11)14/h2,6-8,15H,3,5H2,1H3,(H,17,18). The molecule has 0 heterocycles. The zero-order valence-electron chi connectivity index (χ0n) is 10.7. The second-order valence-corrected chi connectivity index (χ2v) is 4.06. The summed E-state index contributed by atoms with van der Waals surface area (Å²) in [6.07, 6.45) is 6.59. The van der Waals surface area contributed by atoms with E-state index in [1.807, 2.05) is 6.92 Å². The Labute approximate surface area is 114 Å². The molecule has 0 saturated heterocycles. The summed E-state index contributed by atoms with van der Waals surface area (Å²) in [5.74, 6) is -0.0197. The molecule has 0 aromatic heterocycles. The number of nitro groups is 1. The third-order valence-corrected chi connectivity index (χ3v) is 2.62. The Bertz CT molecular complexity index is 580. The van der Waals surface area contributed by atoms with Gasteiger partial charge in [0.15, 0.2) is 5.82 Å². The topological polar surface area (TPSA) is 92.5 Å². The van der Waals surface area contributed by atoms with Crippen molar-refractivity contribution in [1.82, 2.24) is 0 Å². The maximum absolute atomic E-state index is 13.8. The normalized spacial score (nSPS) is 11.4. The number of carboxylic acid groups (broad SMARTS) is 1. The van der Waals surface area contributed by atoms with Crippen LogP contribution in [0.1, 0.15) is 30.1 Å². The van der Waals surface area contributed by atoms with Crippen LogP contribution in [0.5, 0.6) is 0 Å². The van der Waals surface area contributed by atoms with Gasteiger partial charge in [0.05, 0.1) is 22.7 Å². The fraction of sp³-hybridized carbons (Fsp3) is 0.308. The van der Waals surface area contributed by atoms with Gasteiger partial charge in [-0.2, -0.15) is 0 Å². The molecular formula is C13H13FN2O4. The Morgan fingerprint density at radius 2 is 2.30 bits per heavy atom. The summed E-state index contributed by atoms with van der Waals surface area (Å²) in [5.41, 5.74) is -1.55. The minimum atomic E-state index is -1.51. The van der Waals surface area contributed by atoms with Crippen molar-refractivity contribution in [2.24, 2.45) is 0 Å². The minimum absolute atomic E-state index is 0.163. The Hall–Kier alpha value is -2.62. The third kappa shape index (κ3) is 3.45. The van der Waals surface area contributed by atoms with E-state index in [4.69, 9.17) is 11.5 Å². The number of terminal acetylenes is 1. The number of nitro benzene ring substituents is 1. The molecule has 0 aliphatic heterocycles. The van der Waals surface area contributed by atoms with Crippen LogP contribution in [0.3, 0.4) is 0 Å². The molecule has 0 radical (unpaired) electrons. The number of aromatic carboxylic acids is 1. The molecule has 1 atom stereocenters. The van der Waals surface area contributed by atoms with E-state index < -0.39 is 34.0 Å². The van der Waals surface area contributed by atoms with Gasteiger partial charge >= 0.3 is 5.97 Å². The Balaban J connectivity index is 3.22. The smallest absolute Gasteiger partial charge is 0.342 e. The van der Waals surface area contributed by atoms with Gasteiger partial charge in [-0.05, 0) is 12.5 Å². The van der Waals surface area contributed by atoms with Gasteiger partial charge in [0.2, 0.25) is 0 Å². The van der Waals surface area contributed by atoms with Crippen LogP contribution in [0.2, 0.25) is 0 Å². The summed E-state index contributed by atoms with van der Waals surface area (Å²) in [4.78, 5) is 20.7. The quantitative estimate of drug-likeness (QED) is 0.474. The molecule has 0 fully saturated rings. The molecule has 0 bridgehead atoms. The van der Waals surface area contributed by atoms with Gasteiger partial charge in [0.25, 0.3) is 5.69 Å². The predicted molar refractivity (Wildman–Crippen MR) is 71.2 cm³/mol. The van der Waals surface area contributed by atoms with Gasteiger partial charge < -0.3 is 10.4 Å². The third-order valence-electron chi connectivity index (χ3n) is 2.62. The number of hydrogen-bond acceptors (Lipinski definition) is 4. The number of rotatable bonds is 6. The molecule has 7 heteroatoms. The van der Waals surface area contributed by atoms with Crippen molar-refractivity contribution < 1.29 is 19.2 Å². The van der Waals surface area contributed by atoms with Crippen molar-refractivity contribution in [2.75, 3.05) is 5.32 Å². The first kappa shape index (κ1) is 15.4. The molecule has 6 nitrogen and oxygen atoms in total. The monoisotopic (exact) mass is 280 g/mol. The van der Waals surface area contributed by atoms with E-state index in [9.17, 15) is 19.3 Å². The molecule has 106 valence electrons. The zero-order chi connectivity index (χ0) is 15.3. The van der Waals surface area contributed by atoms with Gasteiger partial charge in [-0.15, -0.1) is 6.42 Å². The molecule has 0 saturated carbocycles. The first-order valence-electron chi connectivity index (χ1n) is 5.84. The molecule has 0 aliphatic rings. The molecule has 0 aliphatic carbocycles. The first-order valence-corrected chi connectivity index (χ1v) is 5.84. The molecular weight excluding hydrogens is 267 g/mol. The number of hydrogen-bond donors (Lipinski definition) is 2. The second kappa shape index (κ2) is 6.52. The van der Waals surface area contributed by atoms with Crippen LogP contribution < -0.4 is 5.32 Å². The first-order chi connectivity index (χ1) is 9.40. The maximum atomic E-state index is 13.8. The number of benzene rings is 1. The summed E-state index contributed by atoms with van der Waals surface area (Å²) in [7, 11) is 0. The van der Waals surface area contributed by atoms with Crippen LogP contribution in [0, 0.1) is 28.3 Å². The maximum Gasteiger partial charge on any atom is 0.342 e. The summed E-state index contributed by atoms with van der Waals surface area (Å²) < 4.78 is 13.8. The van der Waals surface area contributed by atoms with E-state index in [1.165, 1.54) is 0 Å². The summed E-state index contributed by atoms with van der Waals surface area (Å²) in [6, 6.07) is 0.985. The van der Waals surface area contributed by atoms with E-state index in [0.29, 0.717) is 12.5 Å². The van der Waals surface area contributed by atoms with Crippen LogP contribution in [-0.4, -0.2) is 22.0 Å². The Kier molecular flexibility index (Phi) is 5.03. The van der Waals surface area contributed by atoms with Gasteiger partial charge in [-0.3, -0.25) is 10.1 Å². The van der Waals surface area contributed by atoms with E-state index >= 15 is 0 Å². The highest BCUT2D eigenvalue weighted by atomic mass is 19.1. The molecule has 1 aromatic carbocycles. The van der Waals surface area contributed by atoms with Crippen molar-refractivity contribution >= 4 is 17.3 Å². The molecule has 0 spiro atoms. The van der Waals surface area contributed by atoms with Crippen LogP contribution >= 0.6 is 0 Å². The second-order valence-electron chi connectivity index (χ2n) is 4.06. The van der Waals surface area contributed by atoms with E-state index in [1.54, 1.807) is 0 Å². The number of anilines is 1. The molecule has 1 rings (SSSR count). The molecule has 0 amide bonds. The van der Waals surface area contributed by atoms with E-state index in [-0.39, 0.29) is 5.69 Å². The largest absolute Gasteiger partial charge is 0.477 e. The van der Waals surface area contributed by atoms with Crippen LogP contribution in [0.15, 0.2) is 12.1 Å². The van der Waals surface area contributed by atoms with Gasteiger partial charge in [-0.25, -0.2) is 9.18 Å². The van der Waals surface area contributed by atoms with E-state index in [0.717, 1.165) is 12.5 Å². The summed E-state index contributed by atoms with van der Waals surface area (Å²) in [5, 5.41) is 22.3. The van der Waals surface area contributed by atoms with Crippen LogP contribution in [0.4, 0.5) is 15.8 Å². The number of carboxylic acids is 1. The summed E-state index contributed by atoms with van der Waals surface area (Å²) >= 11 is 0. The fourth-order valence-electron chi connectivity index (χ4n) is 1.67. The average molecular weight is 280 g/mol. The lowest BCUT2D eigenvalue weighted by Crippen LogP contribution is -2.18.